The van der Waals surface area contributed by atoms with Gasteiger partial charge in [-0.05, 0) is 49.1 Å². The molecule has 118 valence electrons. The zero-order chi connectivity index (χ0) is 15.8. The third-order valence-corrected chi connectivity index (χ3v) is 4.72. The molecule has 0 spiro atoms. The van der Waals surface area contributed by atoms with Gasteiger partial charge in [0.1, 0.15) is 0 Å². The van der Waals surface area contributed by atoms with Gasteiger partial charge >= 0.3 is 5.69 Å². The van der Waals surface area contributed by atoms with Crippen LogP contribution in [0.15, 0.2) is 47.3 Å². The molecule has 23 heavy (non-hydrogen) atoms. The minimum atomic E-state index is -0.0103. The first kappa shape index (κ1) is 14.1. The Morgan fingerprint density at radius 2 is 2.00 bits per heavy atom. The molecule has 2 aromatic carbocycles. The first-order valence-corrected chi connectivity index (χ1v) is 8.24. The van der Waals surface area contributed by atoms with Crippen LogP contribution in [0.1, 0.15) is 17.5 Å². The van der Waals surface area contributed by atoms with Crippen molar-refractivity contribution in [2.75, 3.05) is 18.0 Å². The van der Waals surface area contributed by atoms with Crippen LogP contribution in [0, 0.1) is 6.92 Å². The van der Waals surface area contributed by atoms with Crippen molar-refractivity contribution in [1.29, 1.82) is 0 Å². The molecule has 0 radical (unpaired) electrons. The smallest absolute Gasteiger partial charge is 0.326 e. The second-order valence-corrected chi connectivity index (χ2v) is 6.32. The number of aryl methyl sites for hydroxylation is 2. The Labute approximate surface area is 135 Å². The van der Waals surface area contributed by atoms with Gasteiger partial charge in [-0.15, -0.1) is 0 Å². The molecule has 0 saturated heterocycles. The molecule has 1 aliphatic heterocycles. The summed E-state index contributed by atoms with van der Waals surface area (Å²) in [6, 6.07) is 14.6. The highest BCUT2D eigenvalue weighted by molar-refractivity contribution is 5.74. The van der Waals surface area contributed by atoms with E-state index in [1.807, 2.05) is 28.8 Å². The molecule has 1 aliphatic rings. The number of hydrogen-bond donors (Lipinski definition) is 1. The second-order valence-electron chi connectivity index (χ2n) is 6.32. The lowest BCUT2D eigenvalue weighted by atomic mass is 10.1. The van der Waals surface area contributed by atoms with Crippen LogP contribution in [0.2, 0.25) is 0 Å². The van der Waals surface area contributed by atoms with E-state index in [0.29, 0.717) is 0 Å². The predicted molar refractivity (Wildman–Crippen MR) is 94.3 cm³/mol. The summed E-state index contributed by atoms with van der Waals surface area (Å²) in [4.78, 5) is 17.5. The van der Waals surface area contributed by atoms with E-state index in [2.05, 4.69) is 35.0 Å². The summed E-state index contributed by atoms with van der Waals surface area (Å²) in [6.45, 7) is 4.97. The average molecular weight is 307 g/mol. The molecular formula is C19H21N3O. The maximum Gasteiger partial charge on any atom is 0.326 e. The zero-order valence-corrected chi connectivity index (χ0v) is 13.4. The molecule has 0 fully saturated rings. The summed E-state index contributed by atoms with van der Waals surface area (Å²) >= 11 is 0. The van der Waals surface area contributed by atoms with E-state index in [-0.39, 0.29) is 5.69 Å². The number of aromatic nitrogens is 2. The monoisotopic (exact) mass is 307 g/mol. The van der Waals surface area contributed by atoms with Crippen molar-refractivity contribution < 1.29 is 0 Å². The van der Waals surface area contributed by atoms with Crippen LogP contribution in [0.4, 0.5) is 5.69 Å². The molecule has 0 bridgehead atoms. The highest BCUT2D eigenvalue weighted by Gasteiger charge is 2.18. The molecule has 4 rings (SSSR count). The van der Waals surface area contributed by atoms with E-state index in [1.165, 1.54) is 16.8 Å². The van der Waals surface area contributed by atoms with Crippen molar-refractivity contribution in [2.45, 2.75) is 26.3 Å². The molecule has 0 saturated carbocycles. The van der Waals surface area contributed by atoms with Crippen molar-refractivity contribution in [3.8, 4) is 0 Å². The first-order valence-electron chi connectivity index (χ1n) is 8.24. The quantitative estimate of drug-likeness (QED) is 0.804. The summed E-state index contributed by atoms with van der Waals surface area (Å²) < 4.78 is 1.85. The van der Waals surface area contributed by atoms with Crippen molar-refractivity contribution in [1.82, 2.24) is 9.55 Å². The zero-order valence-electron chi connectivity index (χ0n) is 13.4. The first-order chi connectivity index (χ1) is 11.2. The van der Waals surface area contributed by atoms with Gasteiger partial charge in [-0.3, -0.25) is 4.57 Å². The lowest BCUT2D eigenvalue weighted by Crippen LogP contribution is -2.25. The lowest BCUT2D eigenvalue weighted by Gasteiger charge is -2.19. The average Bonchev–Trinajstić information content (AvgIpc) is 3.08. The van der Waals surface area contributed by atoms with Crippen LogP contribution in [0.3, 0.4) is 0 Å². The molecule has 4 nitrogen and oxygen atoms in total. The summed E-state index contributed by atoms with van der Waals surface area (Å²) in [5.74, 6) is 0. The summed E-state index contributed by atoms with van der Waals surface area (Å²) in [5, 5.41) is 0. The largest absolute Gasteiger partial charge is 0.371 e. The molecule has 4 heteroatoms. The second kappa shape index (κ2) is 5.61. The number of benzene rings is 2. The summed E-state index contributed by atoms with van der Waals surface area (Å²) in [7, 11) is 0. The van der Waals surface area contributed by atoms with Gasteiger partial charge in [0.25, 0.3) is 0 Å². The number of para-hydroxylation sites is 2. The fourth-order valence-corrected chi connectivity index (χ4v) is 3.54. The normalized spacial score (nSPS) is 13.7. The van der Waals surface area contributed by atoms with E-state index >= 15 is 0 Å². The molecule has 2 heterocycles. The molecule has 0 unspecified atom stereocenters. The number of rotatable bonds is 4. The van der Waals surface area contributed by atoms with Gasteiger partial charge in [-0.2, -0.15) is 0 Å². The van der Waals surface area contributed by atoms with Crippen molar-refractivity contribution in [2.24, 2.45) is 0 Å². The molecule has 0 aliphatic carbocycles. The SMILES string of the molecule is Cc1ccc2c(c1)N(CCCn1c(=O)[nH]c3ccccc31)CC2. The number of nitrogens with zero attached hydrogens (tertiary/aromatic N) is 2. The summed E-state index contributed by atoms with van der Waals surface area (Å²) in [5.41, 5.74) is 6.03. The van der Waals surface area contributed by atoms with E-state index in [1.54, 1.807) is 0 Å². The number of imidazole rings is 1. The van der Waals surface area contributed by atoms with Crippen LogP contribution in [0.25, 0.3) is 11.0 Å². The molecule has 3 aromatic rings. The Bertz CT molecular complexity index is 906. The Balaban J connectivity index is 1.48. The number of hydrogen-bond acceptors (Lipinski definition) is 2. The third-order valence-electron chi connectivity index (χ3n) is 4.72. The van der Waals surface area contributed by atoms with E-state index < -0.39 is 0 Å². The van der Waals surface area contributed by atoms with Gasteiger partial charge in [0, 0.05) is 25.3 Å². The molecule has 0 atom stereocenters. The predicted octanol–water partition coefficient (Wildman–Crippen LogP) is 3.09. The number of fused-ring (bicyclic) bond motifs is 2. The van der Waals surface area contributed by atoms with Gasteiger partial charge in [-0.1, -0.05) is 24.3 Å². The Kier molecular flexibility index (Phi) is 3.45. The fourth-order valence-electron chi connectivity index (χ4n) is 3.54. The Morgan fingerprint density at radius 1 is 1.13 bits per heavy atom. The number of aromatic amines is 1. The van der Waals surface area contributed by atoms with Gasteiger partial charge < -0.3 is 9.88 Å². The van der Waals surface area contributed by atoms with Crippen LogP contribution in [-0.4, -0.2) is 22.6 Å². The minimum Gasteiger partial charge on any atom is -0.371 e. The minimum absolute atomic E-state index is 0.0103. The molecule has 1 aromatic heterocycles. The van der Waals surface area contributed by atoms with Crippen molar-refractivity contribution in [3.63, 3.8) is 0 Å². The van der Waals surface area contributed by atoms with Crippen LogP contribution < -0.4 is 10.6 Å². The summed E-state index contributed by atoms with van der Waals surface area (Å²) in [6.07, 6.45) is 2.10. The number of H-pyrrole nitrogens is 1. The van der Waals surface area contributed by atoms with Gasteiger partial charge in [-0.25, -0.2) is 4.79 Å². The third kappa shape index (κ3) is 2.54. The standard InChI is InChI=1S/C19H21N3O/c1-14-7-8-15-9-12-21(18(15)13-14)10-4-11-22-17-6-3-2-5-16(17)20-19(22)23/h2-3,5-8,13H,4,9-12H2,1H3,(H,20,23). The molecular weight excluding hydrogens is 286 g/mol. The van der Waals surface area contributed by atoms with Crippen molar-refractivity contribution >= 4 is 16.7 Å². The maximum absolute atomic E-state index is 12.1. The van der Waals surface area contributed by atoms with E-state index in [4.69, 9.17) is 0 Å². The number of nitrogens with one attached hydrogen (secondary N) is 1. The fraction of sp³-hybridized carbons (Fsp3) is 0.316. The maximum atomic E-state index is 12.1. The van der Waals surface area contributed by atoms with Gasteiger partial charge in [0.15, 0.2) is 0 Å². The van der Waals surface area contributed by atoms with Gasteiger partial charge in [0.2, 0.25) is 0 Å². The molecule has 1 N–H and O–H groups in total. The van der Waals surface area contributed by atoms with Crippen LogP contribution in [-0.2, 0) is 13.0 Å². The Hall–Kier alpha value is -2.49. The highest BCUT2D eigenvalue weighted by atomic mass is 16.1. The molecule has 0 amide bonds. The van der Waals surface area contributed by atoms with Crippen LogP contribution in [0.5, 0.6) is 0 Å². The van der Waals surface area contributed by atoms with Crippen LogP contribution >= 0.6 is 0 Å². The van der Waals surface area contributed by atoms with E-state index in [9.17, 15) is 4.79 Å². The number of anilines is 1. The van der Waals surface area contributed by atoms with Gasteiger partial charge in [0.05, 0.1) is 11.0 Å². The lowest BCUT2D eigenvalue weighted by molar-refractivity contribution is 0.627. The highest BCUT2D eigenvalue weighted by Crippen LogP contribution is 2.28. The van der Waals surface area contributed by atoms with E-state index in [0.717, 1.165) is 43.5 Å². The Morgan fingerprint density at radius 3 is 2.91 bits per heavy atom. The van der Waals surface area contributed by atoms with Crippen molar-refractivity contribution in [3.05, 3.63) is 64.1 Å². The topological polar surface area (TPSA) is 41.0 Å².